The van der Waals surface area contributed by atoms with Crippen LogP contribution in [0.25, 0.3) is 16.9 Å². The van der Waals surface area contributed by atoms with Gasteiger partial charge < -0.3 is 4.74 Å². The van der Waals surface area contributed by atoms with Crippen molar-refractivity contribution >= 4 is 11.6 Å². The molecule has 0 aliphatic carbocycles. The van der Waals surface area contributed by atoms with E-state index in [1.807, 2.05) is 68.6 Å². The minimum atomic E-state index is -0.384. The van der Waals surface area contributed by atoms with E-state index in [2.05, 4.69) is 30.7 Å². The highest BCUT2D eigenvalue weighted by atomic mass is 35.5. The Morgan fingerprint density at radius 3 is 2.46 bits per heavy atom. The van der Waals surface area contributed by atoms with E-state index in [0.29, 0.717) is 11.5 Å². The molecule has 0 spiro atoms. The third kappa shape index (κ3) is 5.28. The summed E-state index contributed by atoms with van der Waals surface area (Å²) in [6.45, 7) is 12.3. The number of nitrogens with zero attached hydrogens (tertiary/aromatic N) is 4. The molecule has 0 saturated carbocycles. The highest BCUT2D eigenvalue weighted by molar-refractivity contribution is 6.31. The fourth-order valence-electron chi connectivity index (χ4n) is 3.82. The fraction of sp³-hybridized carbons (Fsp3) is 0.286. The van der Waals surface area contributed by atoms with Gasteiger partial charge in [-0.25, -0.2) is 9.97 Å². The Morgan fingerprint density at radius 2 is 1.74 bits per heavy atom. The number of aryl methyl sites for hydroxylation is 3. The van der Waals surface area contributed by atoms with Crippen LogP contribution >= 0.6 is 11.6 Å². The fourth-order valence-corrected chi connectivity index (χ4v) is 4.01. The maximum atomic E-state index is 13.3. The number of hydrogen-bond donors (Lipinski definition) is 0. The van der Waals surface area contributed by atoms with Gasteiger partial charge >= 0.3 is 0 Å². The first-order valence-corrected chi connectivity index (χ1v) is 11.8. The van der Waals surface area contributed by atoms with Crippen molar-refractivity contribution in [1.82, 2.24) is 19.5 Å². The zero-order valence-electron chi connectivity index (χ0n) is 20.9. The Bertz CT molecular complexity index is 1450. The van der Waals surface area contributed by atoms with Crippen LogP contribution in [0.4, 0.5) is 0 Å². The number of halogens is 1. The molecule has 2 aromatic heterocycles. The molecule has 4 aromatic rings. The molecule has 0 N–H and O–H groups in total. The first-order valence-electron chi connectivity index (χ1n) is 11.5. The van der Waals surface area contributed by atoms with Crippen LogP contribution in [0.2, 0.25) is 5.02 Å². The Kier molecular flexibility index (Phi) is 6.77. The van der Waals surface area contributed by atoms with Gasteiger partial charge in [-0.1, -0.05) is 74.3 Å². The van der Waals surface area contributed by atoms with Crippen molar-refractivity contribution in [3.63, 3.8) is 0 Å². The van der Waals surface area contributed by atoms with E-state index < -0.39 is 0 Å². The zero-order chi connectivity index (χ0) is 25.3. The molecule has 4 rings (SSSR count). The van der Waals surface area contributed by atoms with Crippen LogP contribution in [0.5, 0.6) is 5.88 Å². The summed E-state index contributed by atoms with van der Waals surface area (Å²) in [7, 11) is 0. The van der Waals surface area contributed by atoms with Crippen LogP contribution < -0.4 is 10.3 Å². The summed E-state index contributed by atoms with van der Waals surface area (Å²) in [5, 5.41) is -0.0538. The third-order valence-electron chi connectivity index (χ3n) is 5.64. The van der Waals surface area contributed by atoms with Crippen molar-refractivity contribution in [3.8, 4) is 22.8 Å². The van der Waals surface area contributed by atoms with Crippen molar-refractivity contribution in [2.75, 3.05) is 0 Å². The van der Waals surface area contributed by atoms with E-state index in [1.54, 1.807) is 6.92 Å². The molecule has 0 aliphatic rings. The maximum absolute atomic E-state index is 13.3. The molecule has 0 amide bonds. The summed E-state index contributed by atoms with van der Waals surface area (Å²) in [5.41, 5.74) is 4.86. The van der Waals surface area contributed by atoms with Crippen LogP contribution in [0, 0.1) is 20.8 Å². The molecule has 2 aromatic carbocycles. The van der Waals surface area contributed by atoms with Crippen molar-refractivity contribution in [1.29, 1.82) is 0 Å². The number of benzene rings is 2. The van der Waals surface area contributed by atoms with Gasteiger partial charge in [0.25, 0.3) is 5.56 Å². The molecule has 0 radical (unpaired) electrons. The molecule has 0 saturated heterocycles. The summed E-state index contributed by atoms with van der Waals surface area (Å²) < 4.78 is 7.30. The number of aromatic nitrogens is 4. The van der Waals surface area contributed by atoms with Crippen LogP contribution in [-0.4, -0.2) is 19.5 Å². The lowest BCUT2D eigenvalue weighted by molar-refractivity contribution is 0.291. The lowest BCUT2D eigenvalue weighted by Crippen LogP contribution is -2.23. The summed E-state index contributed by atoms with van der Waals surface area (Å²) in [4.78, 5) is 27.1. The second-order valence-electron chi connectivity index (χ2n) is 9.72. The highest BCUT2D eigenvalue weighted by Crippen LogP contribution is 2.27. The first-order chi connectivity index (χ1) is 16.5. The molecule has 0 unspecified atom stereocenters. The Balaban J connectivity index is 1.71. The monoisotopic (exact) mass is 488 g/mol. The smallest absolute Gasteiger partial charge is 0.280 e. The lowest BCUT2D eigenvalue weighted by Gasteiger charge is -2.18. The van der Waals surface area contributed by atoms with Crippen molar-refractivity contribution < 1.29 is 4.74 Å². The van der Waals surface area contributed by atoms with E-state index in [4.69, 9.17) is 21.3 Å². The summed E-state index contributed by atoms with van der Waals surface area (Å²) in [6, 6.07) is 15.6. The van der Waals surface area contributed by atoms with Crippen LogP contribution in [-0.2, 0) is 12.0 Å². The van der Waals surface area contributed by atoms with Gasteiger partial charge in [0.15, 0.2) is 5.02 Å². The Hall–Kier alpha value is -3.51. The van der Waals surface area contributed by atoms with E-state index in [0.717, 1.165) is 33.8 Å². The summed E-state index contributed by atoms with van der Waals surface area (Å²) in [5.74, 6) is 1.37. The zero-order valence-corrected chi connectivity index (χ0v) is 21.6. The molecule has 180 valence electrons. The van der Waals surface area contributed by atoms with E-state index in [9.17, 15) is 4.79 Å². The molecule has 35 heavy (non-hydrogen) atoms. The number of rotatable bonds is 5. The van der Waals surface area contributed by atoms with Gasteiger partial charge in [-0.05, 0) is 44.0 Å². The van der Waals surface area contributed by atoms with Gasteiger partial charge in [0, 0.05) is 17.2 Å². The second-order valence-corrected chi connectivity index (χ2v) is 10.1. The van der Waals surface area contributed by atoms with Gasteiger partial charge in [0.1, 0.15) is 18.3 Å². The predicted octanol–water partition coefficient (Wildman–Crippen LogP) is 6.14. The number of ether oxygens (including phenoxy) is 1. The Labute approximate surface area is 210 Å². The average Bonchev–Trinajstić information content (AvgIpc) is 2.80. The minimum absolute atomic E-state index is 0.0538. The largest absolute Gasteiger partial charge is 0.472 e. The van der Waals surface area contributed by atoms with Gasteiger partial charge in [-0.2, -0.15) is 4.98 Å². The number of hydrogen-bond acceptors (Lipinski definition) is 5. The lowest BCUT2D eigenvalue weighted by atomic mass is 9.95. The second kappa shape index (κ2) is 9.62. The first kappa shape index (κ1) is 24.6. The Morgan fingerprint density at radius 1 is 1.00 bits per heavy atom. The molecule has 0 bridgehead atoms. The SMILES string of the molecule is Cc1cccc(COc2nc(C)n(-c3cccc(-c4nc(C(C)(C)C)ncc4C)c3)c(=O)c2Cl)c1. The van der Waals surface area contributed by atoms with Crippen LogP contribution in [0.15, 0.2) is 59.5 Å². The predicted molar refractivity (Wildman–Crippen MR) is 140 cm³/mol. The summed E-state index contributed by atoms with van der Waals surface area (Å²) in [6.07, 6.45) is 1.84. The van der Waals surface area contributed by atoms with Gasteiger partial charge in [0.05, 0.1) is 11.4 Å². The maximum Gasteiger partial charge on any atom is 0.280 e. The van der Waals surface area contributed by atoms with Crippen LogP contribution in [0.1, 0.15) is 49.1 Å². The third-order valence-corrected chi connectivity index (χ3v) is 5.97. The molecule has 7 heteroatoms. The van der Waals surface area contributed by atoms with Crippen LogP contribution in [0.3, 0.4) is 0 Å². The van der Waals surface area contributed by atoms with E-state index in [1.165, 1.54) is 4.57 Å². The average molecular weight is 489 g/mol. The molecule has 0 atom stereocenters. The van der Waals surface area contributed by atoms with Crippen molar-refractivity contribution in [3.05, 3.63) is 98.4 Å². The standard InChI is InChI=1S/C28H29ClN4O2/c1-17-9-7-10-20(13-17)16-35-25-23(29)26(34)33(19(3)31-25)22-12-8-11-21(14-22)24-18(2)15-30-27(32-24)28(4,5)6/h7-15H,16H2,1-6H3. The topological polar surface area (TPSA) is 69.9 Å². The molecule has 2 heterocycles. The molecule has 0 fully saturated rings. The molecular weight excluding hydrogens is 460 g/mol. The van der Waals surface area contributed by atoms with Crippen molar-refractivity contribution in [2.45, 2.75) is 53.6 Å². The summed E-state index contributed by atoms with van der Waals surface area (Å²) >= 11 is 6.43. The molecular formula is C28H29ClN4O2. The van der Waals surface area contributed by atoms with Gasteiger partial charge in [-0.3, -0.25) is 9.36 Å². The quantitative estimate of drug-likeness (QED) is 0.337. The normalized spacial score (nSPS) is 11.5. The highest BCUT2D eigenvalue weighted by Gasteiger charge is 2.20. The van der Waals surface area contributed by atoms with Gasteiger partial charge in [-0.15, -0.1) is 0 Å². The van der Waals surface area contributed by atoms with Crippen molar-refractivity contribution in [2.24, 2.45) is 0 Å². The molecule has 0 aliphatic heterocycles. The van der Waals surface area contributed by atoms with E-state index in [-0.39, 0.29) is 28.5 Å². The van der Waals surface area contributed by atoms with E-state index >= 15 is 0 Å². The molecule has 6 nitrogen and oxygen atoms in total. The van der Waals surface area contributed by atoms with Gasteiger partial charge in [0.2, 0.25) is 5.88 Å². The minimum Gasteiger partial charge on any atom is -0.472 e.